The third kappa shape index (κ3) is 3.64. The van der Waals surface area contributed by atoms with Crippen LogP contribution in [-0.2, 0) is 5.41 Å². The molecule has 2 atom stereocenters. The van der Waals surface area contributed by atoms with Crippen molar-refractivity contribution < 1.29 is 0 Å². The van der Waals surface area contributed by atoms with E-state index in [0.717, 1.165) is 36.6 Å². The first-order valence-corrected chi connectivity index (χ1v) is 7.80. The quantitative estimate of drug-likeness (QED) is 0.876. The molecule has 21 heavy (non-hydrogen) atoms. The summed E-state index contributed by atoms with van der Waals surface area (Å²) in [5.41, 5.74) is 6.93. The molecule has 0 amide bonds. The maximum atomic E-state index is 6.07. The maximum Gasteiger partial charge on any atom is 0.138 e. The molecule has 0 aromatic carbocycles. The van der Waals surface area contributed by atoms with Gasteiger partial charge in [0.05, 0.1) is 0 Å². The van der Waals surface area contributed by atoms with Crippen LogP contribution in [0.2, 0.25) is 0 Å². The van der Waals surface area contributed by atoms with Crippen molar-refractivity contribution in [3.8, 4) is 0 Å². The van der Waals surface area contributed by atoms with Crippen molar-refractivity contribution >= 4 is 11.6 Å². The Hall–Kier alpha value is -1.36. The smallest absolute Gasteiger partial charge is 0.138 e. The van der Waals surface area contributed by atoms with Gasteiger partial charge in [0.25, 0.3) is 0 Å². The second kappa shape index (κ2) is 5.79. The Bertz CT molecular complexity index is 506. The summed E-state index contributed by atoms with van der Waals surface area (Å²) < 4.78 is 0. The minimum Gasteiger partial charge on any atom is -0.383 e. The van der Waals surface area contributed by atoms with Crippen LogP contribution < -0.4 is 11.1 Å². The Balaban J connectivity index is 2.21. The number of nitrogens with one attached hydrogen (secondary N) is 1. The van der Waals surface area contributed by atoms with Crippen LogP contribution in [0.25, 0.3) is 0 Å². The molecule has 0 bridgehead atoms. The van der Waals surface area contributed by atoms with E-state index in [-0.39, 0.29) is 5.41 Å². The molecule has 0 radical (unpaired) electrons. The molecular weight excluding hydrogens is 262 g/mol. The minimum absolute atomic E-state index is 0.0989. The van der Waals surface area contributed by atoms with Gasteiger partial charge in [0.1, 0.15) is 17.5 Å². The van der Waals surface area contributed by atoms with Crippen LogP contribution in [0.15, 0.2) is 0 Å². The zero-order valence-electron chi connectivity index (χ0n) is 14.2. The van der Waals surface area contributed by atoms with Gasteiger partial charge in [0.15, 0.2) is 0 Å². The first-order chi connectivity index (χ1) is 9.68. The van der Waals surface area contributed by atoms with Gasteiger partial charge >= 0.3 is 0 Å². The highest BCUT2D eigenvalue weighted by Crippen LogP contribution is 2.27. The highest BCUT2D eigenvalue weighted by Gasteiger charge is 2.25. The fraction of sp³-hybridized carbons (Fsp3) is 0.750. The molecule has 1 aliphatic heterocycles. The molecule has 2 heterocycles. The number of hydrogen-bond donors (Lipinski definition) is 2. The van der Waals surface area contributed by atoms with Gasteiger partial charge in [0.2, 0.25) is 0 Å². The number of nitrogens with two attached hydrogens (primary N) is 1. The lowest BCUT2D eigenvalue weighted by Crippen LogP contribution is -2.43. The second-order valence-electron chi connectivity index (χ2n) is 7.35. The molecule has 1 aromatic rings. The predicted octanol–water partition coefficient (Wildman–Crippen LogP) is 2.56. The lowest BCUT2D eigenvalue weighted by atomic mass is 9.95. The minimum atomic E-state index is -0.0989. The summed E-state index contributed by atoms with van der Waals surface area (Å²) in [4.78, 5) is 11.6. The molecule has 2 rings (SSSR count). The first-order valence-electron chi connectivity index (χ1n) is 7.80. The lowest BCUT2D eigenvalue weighted by molar-refractivity contribution is 0.190. The highest BCUT2D eigenvalue weighted by atomic mass is 15.2. The van der Waals surface area contributed by atoms with Crippen LogP contribution >= 0.6 is 0 Å². The average Bonchev–Trinajstić information content (AvgIpc) is 2.38. The summed E-state index contributed by atoms with van der Waals surface area (Å²) in [5.74, 6) is 2.28. The number of rotatable bonds is 2. The van der Waals surface area contributed by atoms with Gasteiger partial charge < -0.3 is 16.0 Å². The third-order valence-corrected chi connectivity index (χ3v) is 4.40. The summed E-state index contributed by atoms with van der Waals surface area (Å²) in [6.45, 7) is 11.7. The molecule has 2 unspecified atom stereocenters. The van der Waals surface area contributed by atoms with Gasteiger partial charge in [-0.05, 0) is 33.7 Å². The first kappa shape index (κ1) is 16.0. The molecule has 1 aromatic heterocycles. The summed E-state index contributed by atoms with van der Waals surface area (Å²) in [6, 6.07) is 1.05. The molecule has 5 nitrogen and oxygen atoms in total. The van der Waals surface area contributed by atoms with Crippen LogP contribution in [0.4, 0.5) is 11.6 Å². The van der Waals surface area contributed by atoms with Crippen molar-refractivity contribution in [2.45, 2.75) is 65.0 Å². The topological polar surface area (TPSA) is 67.1 Å². The van der Waals surface area contributed by atoms with Crippen LogP contribution in [0.1, 0.15) is 51.9 Å². The molecule has 118 valence electrons. The number of nitrogen functional groups attached to an aromatic ring is 1. The molecule has 0 spiro atoms. The Morgan fingerprint density at radius 2 is 1.95 bits per heavy atom. The van der Waals surface area contributed by atoms with Crippen LogP contribution in [0, 0.1) is 6.92 Å². The average molecular weight is 291 g/mol. The van der Waals surface area contributed by atoms with Gasteiger partial charge in [-0.3, -0.25) is 0 Å². The predicted molar refractivity (Wildman–Crippen MR) is 88.6 cm³/mol. The van der Waals surface area contributed by atoms with E-state index in [9.17, 15) is 0 Å². The molecule has 0 saturated carbocycles. The third-order valence-electron chi connectivity index (χ3n) is 4.40. The van der Waals surface area contributed by atoms with Crippen molar-refractivity contribution in [1.29, 1.82) is 0 Å². The SMILES string of the molecule is Cc1c(N)nc(C(C)(C)C)nc1NC1CCN(C)C(C)C1. The number of aromatic nitrogens is 2. The number of nitrogens with zero attached hydrogens (tertiary/aromatic N) is 3. The van der Waals surface area contributed by atoms with Gasteiger partial charge in [-0.25, -0.2) is 9.97 Å². The Morgan fingerprint density at radius 3 is 2.52 bits per heavy atom. The maximum absolute atomic E-state index is 6.07. The monoisotopic (exact) mass is 291 g/mol. The van der Waals surface area contributed by atoms with E-state index in [1.54, 1.807) is 0 Å². The molecule has 1 aliphatic rings. The molecule has 3 N–H and O–H groups in total. The van der Waals surface area contributed by atoms with Gasteiger partial charge in [-0.1, -0.05) is 20.8 Å². The van der Waals surface area contributed by atoms with E-state index in [1.807, 2.05) is 6.92 Å². The van der Waals surface area contributed by atoms with Gasteiger partial charge in [-0.15, -0.1) is 0 Å². The van der Waals surface area contributed by atoms with E-state index in [1.165, 1.54) is 0 Å². The number of anilines is 2. The fourth-order valence-electron chi connectivity index (χ4n) is 2.62. The van der Waals surface area contributed by atoms with Crippen LogP contribution in [-0.4, -0.2) is 40.5 Å². The summed E-state index contributed by atoms with van der Waals surface area (Å²) >= 11 is 0. The van der Waals surface area contributed by atoms with Crippen molar-refractivity contribution in [2.75, 3.05) is 24.6 Å². The zero-order chi connectivity index (χ0) is 15.8. The van der Waals surface area contributed by atoms with Crippen molar-refractivity contribution in [2.24, 2.45) is 0 Å². The van der Waals surface area contributed by atoms with E-state index < -0.39 is 0 Å². The molecule has 1 fully saturated rings. The number of hydrogen-bond acceptors (Lipinski definition) is 5. The standard InChI is InChI=1S/C16H29N5/c1-10-9-12(7-8-21(10)6)18-14-11(2)13(17)19-15(20-14)16(3,4)5/h10,12H,7-9H2,1-6H3,(H3,17,18,19,20). The van der Waals surface area contributed by atoms with Crippen molar-refractivity contribution in [3.05, 3.63) is 11.4 Å². The molecule has 0 aliphatic carbocycles. The summed E-state index contributed by atoms with van der Waals surface area (Å²) in [7, 11) is 2.19. The molecular formula is C16H29N5. The lowest BCUT2D eigenvalue weighted by Gasteiger charge is -2.36. The Labute approximate surface area is 128 Å². The summed E-state index contributed by atoms with van der Waals surface area (Å²) in [6.07, 6.45) is 2.26. The summed E-state index contributed by atoms with van der Waals surface area (Å²) in [5, 5.41) is 3.60. The Kier molecular flexibility index (Phi) is 4.42. The largest absolute Gasteiger partial charge is 0.383 e. The fourth-order valence-corrected chi connectivity index (χ4v) is 2.62. The number of likely N-dealkylation sites (tertiary alicyclic amines) is 1. The Morgan fingerprint density at radius 1 is 1.29 bits per heavy atom. The number of piperidine rings is 1. The van der Waals surface area contributed by atoms with Crippen molar-refractivity contribution in [1.82, 2.24) is 14.9 Å². The van der Waals surface area contributed by atoms with Crippen molar-refractivity contribution in [3.63, 3.8) is 0 Å². The zero-order valence-corrected chi connectivity index (χ0v) is 14.2. The van der Waals surface area contributed by atoms with E-state index >= 15 is 0 Å². The van der Waals surface area contributed by atoms with Gasteiger partial charge in [0, 0.05) is 29.6 Å². The molecule has 1 saturated heterocycles. The highest BCUT2D eigenvalue weighted by molar-refractivity contribution is 5.55. The normalized spacial score (nSPS) is 24.1. The van der Waals surface area contributed by atoms with E-state index in [0.29, 0.717) is 17.9 Å². The second-order valence-corrected chi connectivity index (χ2v) is 7.35. The molecule has 5 heteroatoms. The van der Waals surface area contributed by atoms with E-state index in [4.69, 9.17) is 10.7 Å². The van der Waals surface area contributed by atoms with Crippen LogP contribution in [0.5, 0.6) is 0 Å². The van der Waals surface area contributed by atoms with E-state index in [2.05, 4.69) is 49.9 Å². The van der Waals surface area contributed by atoms with Crippen LogP contribution in [0.3, 0.4) is 0 Å². The van der Waals surface area contributed by atoms with Gasteiger partial charge in [-0.2, -0.15) is 0 Å².